The lowest BCUT2D eigenvalue weighted by Gasteiger charge is -2.35. The molecule has 3 N–H and O–H groups in total. The number of fused-ring (bicyclic) bond motifs is 1. The van der Waals surface area contributed by atoms with Crippen molar-refractivity contribution in [3.63, 3.8) is 0 Å². The van der Waals surface area contributed by atoms with Crippen molar-refractivity contribution >= 4 is 44.7 Å². The number of nitrogens with zero attached hydrogens (tertiary/aromatic N) is 2. The number of carbonyl (C=O) groups excluding carboxylic acids is 3. The first-order valence-electron chi connectivity index (χ1n) is 11.4. The van der Waals surface area contributed by atoms with Crippen LogP contribution in [0.3, 0.4) is 0 Å². The van der Waals surface area contributed by atoms with Gasteiger partial charge in [-0.15, -0.1) is 0 Å². The normalized spacial score (nSPS) is 18.2. The van der Waals surface area contributed by atoms with E-state index in [4.69, 9.17) is 4.74 Å². The summed E-state index contributed by atoms with van der Waals surface area (Å²) in [5, 5.41) is 7.95. The molecule has 3 unspecified atom stereocenters. The van der Waals surface area contributed by atoms with E-state index in [1.807, 2.05) is 37.3 Å². The molecule has 34 heavy (non-hydrogen) atoms. The van der Waals surface area contributed by atoms with Crippen molar-refractivity contribution in [1.29, 1.82) is 0 Å². The number of hydrogen-bond donors (Lipinski definition) is 3. The molecule has 0 saturated carbocycles. The largest absolute Gasteiger partial charge is 0.444 e. The molecule has 3 amide bonds. The molecule has 0 bridgehead atoms. The van der Waals surface area contributed by atoms with Gasteiger partial charge in [0.25, 0.3) is 5.91 Å². The molecule has 1 aromatic heterocycles. The quantitative estimate of drug-likeness (QED) is 0.541. The number of hydrazine groups is 1. The van der Waals surface area contributed by atoms with Crippen LogP contribution in [0.1, 0.15) is 59.2 Å². The van der Waals surface area contributed by atoms with Crippen LogP contribution in [0.2, 0.25) is 0 Å². The molecule has 1 aliphatic heterocycles. The van der Waals surface area contributed by atoms with Crippen molar-refractivity contribution in [3.05, 3.63) is 40.5 Å². The Balaban J connectivity index is 1.58. The van der Waals surface area contributed by atoms with Gasteiger partial charge in [-0.05, 0) is 65.7 Å². The van der Waals surface area contributed by atoms with Gasteiger partial charge >= 0.3 is 6.09 Å². The van der Waals surface area contributed by atoms with Gasteiger partial charge in [-0.2, -0.15) is 0 Å². The summed E-state index contributed by atoms with van der Waals surface area (Å²) in [6, 6.07) is 8.08. The van der Waals surface area contributed by atoms with Crippen molar-refractivity contribution in [1.82, 2.24) is 26.1 Å². The Morgan fingerprint density at radius 1 is 1.18 bits per heavy atom. The molecule has 1 aromatic carbocycles. The fraction of sp³-hybridized carbons (Fsp3) is 0.500. The van der Waals surface area contributed by atoms with Crippen LogP contribution in [0.5, 0.6) is 0 Å². The maximum atomic E-state index is 12.9. The zero-order valence-corrected chi connectivity index (χ0v) is 21.7. The Hall–Kier alpha value is -2.72. The van der Waals surface area contributed by atoms with E-state index in [-0.39, 0.29) is 17.9 Å². The van der Waals surface area contributed by atoms with Crippen molar-refractivity contribution in [2.45, 2.75) is 71.2 Å². The van der Waals surface area contributed by atoms with Gasteiger partial charge in [-0.25, -0.2) is 10.2 Å². The Kier molecular flexibility index (Phi) is 8.14. The van der Waals surface area contributed by atoms with E-state index in [9.17, 15) is 14.4 Å². The third-order valence-corrected chi connectivity index (χ3v) is 5.84. The number of ether oxygens (including phenoxy) is 1. The number of alkyl carbamates (subject to hydrolysis) is 1. The predicted octanol–water partition coefficient (Wildman–Crippen LogP) is 3.58. The summed E-state index contributed by atoms with van der Waals surface area (Å²) in [6.45, 7) is 9.16. The molecule has 0 aliphatic carbocycles. The number of carbonyl (C=O) groups is 3. The average molecular weight is 534 g/mol. The van der Waals surface area contributed by atoms with Crippen molar-refractivity contribution < 1.29 is 19.1 Å². The smallest absolute Gasteiger partial charge is 0.408 e. The molecular weight excluding hydrogens is 502 g/mol. The van der Waals surface area contributed by atoms with E-state index in [1.54, 1.807) is 27.7 Å². The number of hydrogen-bond acceptors (Lipinski definition) is 6. The number of halogens is 1. The molecule has 0 spiro atoms. The summed E-state index contributed by atoms with van der Waals surface area (Å²) in [4.78, 5) is 42.4. The Morgan fingerprint density at radius 3 is 2.59 bits per heavy atom. The Bertz CT molecular complexity index is 1070. The molecule has 9 nitrogen and oxygen atoms in total. The molecule has 3 atom stereocenters. The monoisotopic (exact) mass is 533 g/mol. The summed E-state index contributed by atoms with van der Waals surface area (Å²) >= 11 is 3.46. The first-order valence-corrected chi connectivity index (χ1v) is 12.2. The molecule has 0 radical (unpaired) electrons. The van der Waals surface area contributed by atoms with E-state index in [2.05, 4.69) is 37.0 Å². The summed E-state index contributed by atoms with van der Waals surface area (Å²) in [6.07, 6.45) is 0.587. The van der Waals surface area contributed by atoms with E-state index < -0.39 is 23.8 Å². The molecule has 10 heteroatoms. The molecule has 2 aromatic rings. The summed E-state index contributed by atoms with van der Waals surface area (Å²) in [7, 11) is 0. The fourth-order valence-corrected chi connectivity index (χ4v) is 4.00. The Morgan fingerprint density at radius 2 is 1.88 bits per heavy atom. The topological polar surface area (TPSA) is 113 Å². The van der Waals surface area contributed by atoms with Crippen LogP contribution in [-0.4, -0.2) is 52.1 Å². The number of rotatable bonds is 5. The average Bonchev–Trinajstić information content (AvgIpc) is 2.76. The SMILES string of the molecule is CC(NC(=O)OC(C)(C)C)C(=O)N1CCCC(C(=O)NC(C)c2ccc3ccc(Br)cc3n2)N1. The van der Waals surface area contributed by atoms with Crippen LogP contribution in [0.15, 0.2) is 34.8 Å². The summed E-state index contributed by atoms with van der Waals surface area (Å²) in [5.41, 5.74) is 3.93. The lowest BCUT2D eigenvalue weighted by molar-refractivity contribution is -0.141. The van der Waals surface area contributed by atoms with Gasteiger partial charge in [0, 0.05) is 16.4 Å². The lowest BCUT2D eigenvalue weighted by Crippen LogP contribution is -2.61. The fourth-order valence-electron chi connectivity index (χ4n) is 3.65. The summed E-state index contributed by atoms with van der Waals surface area (Å²) in [5.74, 6) is -0.549. The van der Waals surface area contributed by atoms with Gasteiger partial charge in [0.15, 0.2) is 0 Å². The minimum Gasteiger partial charge on any atom is -0.444 e. The maximum absolute atomic E-state index is 12.9. The van der Waals surface area contributed by atoms with E-state index >= 15 is 0 Å². The minimum absolute atomic E-state index is 0.214. The second kappa shape index (κ2) is 10.7. The minimum atomic E-state index is -0.802. The zero-order chi connectivity index (χ0) is 25.0. The molecule has 184 valence electrons. The molecule has 1 fully saturated rings. The highest BCUT2D eigenvalue weighted by atomic mass is 79.9. The number of nitrogens with one attached hydrogen (secondary N) is 3. The highest BCUT2D eigenvalue weighted by Crippen LogP contribution is 2.21. The van der Waals surface area contributed by atoms with Crippen LogP contribution in [0, 0.1) is 0 Å². The van der Waals surface area contributed by atoms with Crippen molar-refractivity contribution in [2.24, 2.45) is 0 Å². The number of aromatic nitrogens is 1. The van der Waals surface area contributed by atoms with Gasteiger partial charge in [-0.3, -0.25) is 19.6 Å². The maximum Gasteiger partial charge on any atom is 0.408 e. The van der Waals surface area contributed by atoms with Crippen LogP contribution in [-0.2, 0) is 14.3 Å². The van der Waals surface area contributed by atoms with Crippen molar-refractivity contribution in [2.75, 3.05) is 6.54 Å². The van der Waals surface area contributed by atoms with Gasteiger partial charge in [-0.1, -0.05) is 28.1 Å². The molecule has 3 rings (SSSR count). The molecule has 2 heterocycles. The molecular formula is C24H32BrN5O4. The van der Waals surface area contributed by atoms with Gasteiger partial charge in [0.05, 0.1) is 17.3 Å². The van der Waals surface area contributed by atoms with Crippen LogP contribution < -0.4 is 16.1 Å². The van der Waals surface area contributed by atoms with E-state index in [0.29, 0.717) is 19.4 Å². The standard InChI is InChI=1S/C24H32BrN5O4/c1-14(18-11-9-16-8-10-17(25)13-20(16)28-18)26-21(31)19-7-6-12-30(29-19)22(32)15(2)27-23(33)34-24(3,4)5/h8-11,13-15,19,29H,6-7,12H2,1-5H3,(H,26,31)(H,27,33). The summed E-state index contributed by atoms with van der Waals surface area (Å²) < 4.78 is 6.15. The van der Waals surface area contributed by atoms with Crippen molar-refractivity contribution in [3.8, 4) is 0 Å². The first kappa shape index (κ1) is 25.9. The highest BCUT2D eigenvalue weighted by molar-refractivity contribution is 9.10. The predicted molar refractivity (Wildman–Crippen MR) is 133 cm³/mol. The second-order valence-electron chi connectivity index (χ2n) is 9.49. The highest BCUT2D eigenvalue weighted by Gasteiger charge is 2.32. The third kappa shape index (κ3) is 6.89. The van der Waals surface area contributed by atoms with Gasteiger partial charge < -0.3 is 15.4 Å². The zero-order valence-electron chi connectivity index (χ0n) is 20.1. The van der Waals surface area contributed by atoms with E-state index in [1.165, 1.54) is 5.01 Å². The third-order valence-electron chi connectivity index (χ3n) is 5.35. The van der Waals surface area contributed by atoms with Gasteiger partial charge in [0.1, 0.15) is 17.7 Å². The van der Waals surface area contributed by atoms with Crippen LogP contribution >= 0.6 is 15.9 Å². The van der Waals surface area contributed by atoms with Crippen LogP contribution in [0.25, 0.3) is 10.9 Å². The Labute approximate surface area is 208 Å². The molecule has 1 aliphatic rings. The number of benzene rings is 1. The lowest BCUT2D eigenvalue weighted by atomic mass is 10.1. The number of amides is 3. The van der Waals surface area contributed by atoms with Crippen LogP contribution in [0.4, 0.5) is 4.79 Å². The first-order chi connectivity index (χ1) is 15.9. The van der Waals surface area contributed by atoms with E-state index in [0.717, 1.165) is 21.1 Å². The number of pyridine rings is 1. The molecule has 1 saturated heterocycles. The second-order valence-corrected chi connectivity index (χ2v) is 10.4. The van der Waals surface area contributed by atoms with Gasteiger partial charge in [0.2, 0.25) is 5.91 Å².